The highest BCUT2D eigenvalue weighted by Crippen LogP contribution is 2.10. The van der Waals surface area contributed by atoms with Crippen LogP contribution in [0.5, 0.6) is 0 Å². The lowest BCUT2D eigenvalue weighted by molar-refractivity contribution is 0.133. The number of aliphatic imine (C=N–C) groups is 1. The first-order chi connectivity index (χ1) is 12.2. The largest absolute Gasteiger partial charge is 0.377 e. The van der Waals surface area contributed by atoms with Crippen LogP contribution in [0.15, 0.2) is 53.5 Å². The zero-order valence-corrected chi connectivity index (χ0v) is 14.9. The van der Waals surface area contributed by atoms with Gasteiger partial charge in [-0.2, -0.15) is 0 Å². The molecule has 0 radical (unpaired) electrons. The summed E-state index contributed by atoms with van der Waals surface area (Å²) in [5.41, 5.74) is 3.32. The molecule has 4 nitrogen and oxygen atoms in total. The summed E-state index contributed by atoms with van der Waals surface area (Å²) >= 11 is 0. The van der Waals surface area contributed by atoms with Crippen molar-refractivity contribution in [3.63, 3.8) is 0 Å². The average Bonchev–Trinajstić information content (AvgIpc) is 2.64. The van der Waals surface area contributed by atoms with Gasteiger partial charge in [0.05, 0.1) is 13.2 Å². The van der Waals surface area contributed by atoms with Gasteiger partial charge in [-0.15, -0.1) is 0 Å². The molecule has 25 heavy (non-hydrogen) atoms. The highest BCUT2D eigenvalue weighted by Gasteiger charge is 2.04. The molecule has 5 heteroatoms. The minimum atomic E-state index is -0.233. The van der Waals surface area contributed by atoms with E-state index in [4.69, 9.17) is 4.74 Å². The van der Waals surface area contributed by atoms with Crippen molar-refractivity contribution in [2.75, 3.05) is 13.2 Å². The van der Waals surface area contributed by atoms with E-state index < -0.39 is 0 Å². The van der Waals surface area contributed by atoms with Crippen LogP contribution < -0.4 is 10.6 Å². The number of nitrogens with zero attached hydrogens (tertiary/aromatic N) is 1. The fraction of sp³-hybridized carbons (Fsp3) is 0.350. The Morgan fingerprint density at radius 3 is 2.40 bits per heavy atom. The molecule has 2 aromatic rings. The molecule has 2 aromatic carbocycles. The van der Waals surface area contributed by atoms with E-state index in [-0.39, 0.29) is 5.82 Å². The molecule has 2 N–H and O–H groups in total. The second-order valence-electron chi connectivity index (χ2n) is 5.58. The van der Waals surface area contributed by atoms with Gasteiger partial charge in [0, 0.05) is 19.7 Å². The second-order valence-corrected chi connectivity index (χ2v) is 5.58. The third-order valence-corrected chi connectivity index (χ3v) is 3.70. The topological polar surface area (TPSA) is 45.7 Å². The van der Waals surface area contributed by atoms with Gasteiger partial charge >= 0.3 is 0 Å². The summed E-state index contributed by atoms with van der Waals surface area (Å²) in [7, 11) is 0. The van der Waals surface area contributed by atoms with Gasteiger partial charge in [-0.1, -0.05) is 36.4 Å². The predicted molar refractivity (Wildman–Crippen MR) is 99.8 cm³/mol. The Morgan fingerprint density at radius 2 is 1.72 bits per heavy atom. The first kappa shape index (κ1) is 18.9. The molecule has 0 heterocycles. The van der Waals surface area contributed by atoms with Gasteiger partial charge in [0.2, 0.25) is 0 Å². The van der Waals surface area contributed by atoms with Crippen LogP contribution in [0.25, 0.3) is 0 Å². The lowest BCUT2D eigenvalue weighted by Crippen LogP contribution is -2.37. The molecule has 134 valence electrons. The fourth-order valence-electron chi connectivity index (χ4n) is 2.36. The van der Waals surface area contributed by atoms with Crippen LogP contribution in [-0.4, -0.2) is 19.1 Å². The normalized spacial score (nSPS) is 11.4. The van der Waals surface area contributed by atoms with E-state index in [1.54, 1.807) is 12.1 Å². The number of nitrogens with one attached hydrogen (secondary N) is 2. The maximum absolute atomic E-state index is 13.0. The number of benzene rings is 2. The molecule has 0 atom stereocenters. The lowest BCUT2D eigenvalue weighted by Gasteiger charge is -2.14. The van der Waals surface area contributed by atoms with E-state index in [0.717, 1.165) is 18.1 Å². The van der Waals surface area contributed by atoms with Gasteiger partial charge in [-0.25, -0.2) is 9.38 Å². The van der Waals surface area contributed by atoms with Gasteiger partial charge < -0.3 is 15.4 Å². The third-order valence-electron chi connectivity index (χ3n) is 3.70. The SMILES string of the molecule is CCNC(=NCc1ccc(F)cc1)NCc1ccccc1COCC. The van der Waals surface area contributed by atoms with Gasteiger partial charge in [0.1, 0.15) is 5.82 Å². The highest BCUT2D eigenvalue weighted by molar-refractivity contribution is 5.79. The van der Waals surface area contributed by atoms with Crippen LogP contribution in [0.3, 0.4) is 0 Å². The zero-order valence-electron chi connectivity index (χ0n) is 14.9. The van der Waals surface area contributed by atoms with Crippen molar-refractivity contribution >= 4 is 5.96 Å². The van der Waals surface area contributed by atoms with Crippen molar-refractivity contribution in [2.45, 2.75) is 33.5 Å². The fourth-order valence-corrected chi connectivity index (χ4v) is 2.36. The van der Waals surface area contributed by atoms with Crippen LogP contribution in [0, 0.1) is 5.82 Å². The van der Waals surface area contributed by atoms with Crippen molar-refractivity contribution in [3.8, 4) is 0 Å². The molecule has 0 spiro atoms. The summed E-state index contributed by atoms with van der Waals surface area (Å²) in [5.74, 6) is 0.502. The van der Waals surface area contributed by atoms with Crippen LogP contribution in [0.2, 0.25) is 0 Å². The summed E-state index contributed by atoms with van der Waals surface area (Å²) < 4.78 is 18.5. The Morgan fingerprint density at radius 1 is 1.00 bits per heavy atom. The summed E-state index contributed by atoms with van der Waals surface area (Å²) in [4.78, 5) is 4.56. The van der Waals surface area contributed by atoms with Gasteiger partial charge in [0.25, 0.3) is 0 Å². The van der Waals surface area contributed by atoms with Crippen molar-refractivity contribution in [1.29, 1.82) is 0 Å². The quantitative estimate of drug-likeness (QED) is 0.568. The maximum atomic E-state index is 13.0. The summed E-state index contributed by atoms with van der Waals surface area (Å²) in [6.07, 6.45) is 0. The van der Waals surface area contributed by atoms with Crippen molar-refractivity contribution in [2.24, 2.45) is 4.99 Å². The molecular weight excluding hydrogens is 317 g/mol. The molecule has 0 saturated carbocycles. The van der Waals surface area contributed by atoms with E-state index >= 15 is 0 Å². The molecule has 2 rings (SSSR count). The molecule has 0 amide bonds. The Hall–Kier alpha value is -2.40. The zero-order chi connectivity index (χ0) is 17.9. The summed E-state index contributed by atoms with van der Waals surface area (Å²) in [5, 5.41) is 6.58. The van der Waals surface area contributed by atoms with Gasteiger partial charge in [-0.05, 0) is 42.7 Å². The monoisotopic (exact) mass is 343 g/mol. The number of ether oxygens (including phenoxy) is 1. The average molecular weight is 343 g/mol. The maximum Gasteiger partial charge on any atom is 0.191 e. The highest BCUT2D eigenvalue weighted by atomic mass is 19.1. The Labute approximate surface area is 149 Å². The van der Waals surface area contributed by atoms with E-state index in [0.29, 0.717) is 26.3 Å². The van der Waals surface area contributed by atoms with Gasteiger partial charge in [0.15, 0.2) is 5.96 Å². The Kier molecular flexibility index (Phi) is 7.92. The molecule has 0 aliphatic rings. The van der Waals surface area contributed by atoms with Gasteiger partial charge in [-0.3, -0.25) is 0 Å². The van der Waals surface area contributed by atoms with Crippen molar-refractivity contribution in [3.05, 3.63) is 71.0 Å². The van der Waals surface area contributed by atoms with Crippen LogP contribution >= 0.6 is 0 Å². The third kappa shape index (κ3) is 6.55. The van der Waals surface area contributed by atoms with Crippen molar-refractivity contribution in [1.82, 2.24) is 10.6 Å². The molecule has 0 fully saturated rings. The molecule has 0 aliphatic heterocycles. The Balaban J connectivity index is 1.99. The second kappa shape index (κ2) is 10.5. The first-order valence-corrected chi connectivity index (χ1v) is 8.64. The molecule has 0 aromatic heterocycles. The minimum absolute atomic E-state index is 0.233. The van der Waals surface area contributed by atoms with Crippen molar-refractivity contribution < 1.29 is 9.13 Å². The van der Waals surface area contributed by atoms with E-state index in [1.807, 2.05) is 26.0 Å². The number of rotatable bonds is 8. The number of hydrogen-bond donors (Lipinski definition) is 2. The van der Waals surface area contributed by atoms with E-state index in [1.165, 1.54) is 23.3 Å². The molecule has 0 aliphatic carbocycles. The molecule has 0 saturated heterocycles. The smallest absolute Gasteiger partial charge is 0.191 e. The molecular formula is C20H26FN3O. The van der Waals surface area contributed by atoms with E-state index in [9.17, 15) is 4.39 Å². The number of hydrogen-bond acceptors (Lipinski definition) is 2. The van der Waals surface area contributed by atoms with Crippen LogP contribution in [-0.2, 0) is 24.4 Å². The lowest BCUT2D eigenvalue weighted by atomic mass is 10.1. The standard InChI is InChI=1S/C20H26FN3O/c1-3-22-20(23-13-16-9-11-19(21)12-10-16)24-14-17-7-5-6-8-18(17)15-25-4-2/h5-12H,3-4,13-15H2,1-2H3,(H2,22,23,24). The van der Waals surface area contributed by atoms with E-state index in [2.05, 4.69) is 27.8 Å². The minimum Gasteiger partial charge on any atom is -0.377 e. The Bertz CT molecular complexity index is 671. The summed E-state index contributed by atoms with van der Waals surface area (Å²) in [6.45, 7) is 7.26. The molecule has 0 bridgehead atoms. The first-order valence-electron chi connectivity index (χ1n) is 8.64. The van der Waals surface area contributed by atoms with Crippen LogP contribution in [0.4, 0.5) is 4.39 Å². The van der Waals surface area contributed by atoms with Crippen LogP contribution in [0.1, 0.15) is 30.5 Å². The summed E-state index contributed by atoms with van der Waals surface area (Å²) in [6, 6.07) is 14.6. The number of halogens is 1. The number of guanidine groups is 1. The predicted octanol–water partition coefficient (Wildman–Crippen LogP) is 3.62. The molecule has 0 unspecified atom stereocenters.